The van der Waals surface area contributed by atoms with Crippen molar-refractivity contribution in [1.82, 2.24) is 4.90 Å². The fourth-order valence-corrected chi connectivity index (χ4v) is 2.49. The molecule has 0 unspecified atom stereocenters. The summed E-state index contributed by atoms with van der Waals surface area (Å²) in [5.74, 6) is -1.41. The average Bonchev–Trinajstić information content (AvgIpc) is 2.50. The number of carbonyl (C=O) groups excluding carboxylic acids is 1. The van der Waals surface area contributed by atoms with Gasteiger partial charge in [-0.1, -0.05) is 36.1 Å². The zero-order valence-corrected chi connectivity index (χ0v) is 10.5. The SMILES string of the molecule is C/C=C/C=C1\SC(=S)N([C@@H](C)C(=O)O)C1=O. The first-order valence-corrected chi connectivity index (χ1v) is 5.82. The summed E-state index contributed by atoms with van der Waals surface area (Å²) in [5, 5.41) is 8.84. The van der Waals surface area contributed by atoms with Crippen molar-refractivity contribution >= 4 is 40.2 Å². The minimum absolute atomic E-state index is 0.288. The highest BCUT2D eigenvalue weighted by molar-refractivity contribution is 8.26. The molecule has 1 aliphatic heterocycles. The monoisotopic (exact) mass is 257 g/mol. The Kier molecular flexibility index (Phi) is 4.26. The van der Waals surface area contributed by atoms with Gasteiger partial charge in [-0.15, -0.1) is 0 Å². The maximum absolute atomic E-state index is 11.8. The van der Waals surface area contributed by atoms with Gasteiger partial charge in [-0.3, -0.25) is 9.69 Å². The van der Waals surface area contributed by atoms with E-state index in [0.717, 1.165) is 16.7 Å². The Morgan fingerprint density at radius 2 is 2.25 bits per heavy atom. The van der Waals surface area contributed by atoms with Crippen molar-refractivity contribution in [2.24, 2.45) is 0 Å². The highest BCUT2D eigenvalue weighted by Crippen LogP contribution is 2.32. The lowest BCUT2D eigenvalue weighted by atomic mass is 10.3. The first-order valence-electron chi connectivity index (χ1n) is 4.60. The largest absolute Gasteiger partial charge is 0.480 e. The standard InChI is InChI=1S/C10H11NO3S2/c1-3-4-5-7-8(12)11(10(15)16-7)6(2)9(13)14/h3-6H,1-2H3,(H,13,14)/b4-3+,7-5-/t6-/m0/s1. The molecule has 1 heterocycles. The van der Waals surface area contributed by atoms with Crippen molar-refractivity contribution < 1.29 is 14.7 Å². The lowest BCUT2D eigenvalue weighted by Gasteiger charge is -2.18. The first-order chi connectivity index (χ1) is 7.49. The number of carboxylic acids is 1. The van der Waals surface area contributed by atoms with Gasteiger partial charge in [0.25, 0.3) is 5.91 Å². The van der Waals surface area contributed by atoms with Crippen LogP contribution in [0.1, 0.15) is 13.8 Å². The van der Waals surface area contributed by atoms with Gasteiger partial charge in [0.2, 0.25) is 0 Å². The van der Waals surface area contributed by atoms with Gasteiger partial charge in [-0.2, -0.15) is 0 Å². The summed E-state index contributed by atoms with van der Waals surface area (Å²) in [5.41, 5.74) is 0. The Morgan fingerprint density at radius 1 is 1.62 bits per heavy atom. The van der Waals surface area contributed by atoms with Gasteiger partial charge >= 0.3 is 5.97 Å². The number of carboxylic acid groups (broad SMARTS) is 1. The Morgan fingerprint density at radius 3 is 2.75 bits per heavy atom. The number of thioether (sulfide) groups is 1. The van der Waals surface area contributed by atoms with Crippen LogP contribution in [0.3, 0.4) is 0 Å². The molecule has 1 N–H and O–H groups in total. The van der Waals surface area contributed by atoms with Crippen LogP contribution in [0.15, 0.2) is 23.1 Å². The van der Waals surface area contributed by atoms with Gasteiger partial charge in [-0.05, 0) is 19.9 Å². The van der Waals surface area contributed by atoms with Crippen molar-refractivity contribution in [3.05, 3.63) is 23.1 Å². The quantitative estimate of drug-likeness (QED) is 0.617. The topological polar surface area (TPSA) is 57.6 Å². The molecule has 1 aliphatic rings. The Labute approximate surface area is 103 Å². The van der Waals surface area contributed by atoms with Crippen molar-refractivity contribution in [3.8, 4) is 0 Å². The zero-order valence-electron chi connectivity index (χ0n) is 8.84. The van der Waals surface area contributed by atoms with Crippen LogP contribution in [0, 0.1) is 0 Å². The highest BCUT2D eigenvalue weighted by Gasteiger charge is 2.37. The summed E-state index contributed by atoms with van der Waals surface area (Å²) in [6, 6.07) is -0.927. The molecule has 0 aromatic carbocycles. The second-order valence-corrected chi connectivity index (χ2v) is 4.79. The van der Waals surface area contributed by atoms with Crippen LogP contribution < -0.4 is 0 Å². The van der Waals surface area contributed by atoms with E-state index < -0.39 is 12.0 Å². The van der Waals surface area contributed by atoms with Crippen LogP contribution in [-0.4, -0.2) is 32.2 Å². The first kappa shape index (κ1) is 12.9. The summed E-state index contributed by atoms with van der Waals surface area (Å²) in [4.78, 5) is 24.2. The van der Waals surface area contributed by atoms with Gasteiger partial charge in [0.15, 0.2) is 0 Å². The van der Waals surface area contributed by atoms with Crippen LogP contribution in [0.4, 0.5) is 0 Å². The number of thiocarbonyl (C=S) groups is 1. The van der Waals surface area contributed by atoms with E-state index in [1.54, 1.807) is 18.2 Å². The molecule has 1 amide bonds. The van der Waals surface area contributed by atoms with Gasteiger partial charge in [0.1, 0.15) is 10.4 Å². The van der Waals surface area contributed by atoms with Crippen molar-refractivity contribution in [2.45, 2.75) is 19.9 Å². The fourth-order valence-electron chi connectivity index (χ4n) is 1.12. The lowest BCUT2D eigenvalue weighted by Crippen LogP contribution is -2.41. The number of amides is 1. The van der Waals surface area contributed by atoms with E-state index in [4.69, 9.17) is 17.3 Å². The number of rotatable bonds is 3. The Hall–Kier alpha value is -1.14. The molecule has 0 aromatic heterocycles. The molecule has 0 aromatic rings. The van der Waals surface area contributed by atoms with Gasteiger partial charge < -0.3 is 5.11 Å². The van der Waals surface area contributed by atoms with E-state index in [2.05, 4.69) is 0 Å². The maximum atomic E-state index is 11.8. The molecule has 6 heteroatoms. The molecular weight excluding hydrogens is 246 g/mol. The van der Waals surface area contributed by atoms with Crippen LogP contribution in [0.5, 0.6) is 0 Å². The molecule has 1 atom stereocenters. The number of hydrogen-bond acceptors (Lipinski definition) is 4. The predicted octanol–water partition coefficient (Wildman–Crippen LogP) is 1.78. The molecule has 0 bridgehead atoms. The third kappa shape index (κ3) is 2.51. The number of aliphatic carboxylic acids is 1. The van der Waals surface area contributed by atoms with E-state index in [0.29, 0.717) is 4.91 Å². The van der Waals surface area contributed by atoms with E-state index in [-0.39, 0.29) is 10.2 Å². The van der Waals surface area contributed by atoms with Crippen molar-refractivity contribution in [2.75, 3.05) is 0 Å². The number of carbonyl (C=O) groups is 2. The molecule has 0 aliphatic carbocycles. The smallest absolute Gasteiger partial charge is 0.326 e. The van der Waals surface area contributed by atoms with Crippen LogP contribution in [-0.2, 0) is 9.59 Å². The van der Waals surface area contributed by atoms with Crippen molar-refractivity contribution in [1.29, 1.82) is 0 Å². The fraction of sp³-hybridized carbons (Fsp3) is 0.300. The minimum atomic E-state index is -1.07. The molecule has 4 nitrogen and oxygen atoms in total. The molecule has 16 heavy (non-hydrogen) atoms. The normalized spacial score (nSPS) is 21.1. The van der Waals surface area contributed by atoms with E-state index in [1.807, 2.05) is 6.92 Å². The summed E-state index contributed by atoms with van der Waals surface area (Å²) in [7, 11) is 0. The summed E-state index contributed by atoms with van der Waals surface area (Å²) < 4.78 is 0.288. The zero-order chi connectivity index (χ0) is 12.3. The number of hydrogen-bond donors (Lipinski definition) is 1. The summed E-state index contributed by atoms with van der Waals surface area (Å²) in [6.45, 7) is 3.27. The molecule has 0 saturated carbocycles. The van der Waals surface area contributed by atoms with Gasteiger partial charge in [0, 0.05) is 0 Å². The second-order valence-electron chi connectivity index (χ2n) is 3.11. The maximum Gasteiger partial charge on any atom is 0.326 e. The third-order valence-corrected chi connectivity index (χ3v) is 3.36. The van der Waals surface area contributed by atoms with Crippen molar-refractivity contribution in [3.63, 3.8) is 0 Å². The van der Waals surface area contributed by atoms with Crippen LogP contribution in [0.2, 0.25) is 0 Å². The lowest BCUT2D eigenvalue weighted by molar-refractivity contribution is -0.144. The summed E-state index contributed by atoms with van der Waals surface area (Å²) in [6.07, 6.45) is 5.14. The van der Waals surface area contributed by atoms with Crippen LogP contribution >= 0.6 is 24.0 Å². The average molecular weight is 257 g/mol. The molecule has 1 rings (SSSR count). The van der Waals surface area contributed by atoms with Gasteiger partial charge in [0.05, 0.1) is 4.91 Å². The predicted molar refractivity (Wildman–Crippen MR) is 67.0 cm³/mol. The third-order valence-electron chi connectivity index (χ3n) is 2.01. The summed E-state index contributed by atoms with van der Waals surface area (Å²) >= 11 is 6.10. The number of nitrogens with zero attached hydrogens (tertiary/aromatic N) is 1. The Bertz CT molecular complexity index is 401. The van der Waals surface area contributed by atoms with Crippen LogP contribution in [0.25, 0.3) is 0 Å². The highest BCUT2D eigenvalue weighted by atomic mass is 32.2. The van der Waals surface area contributed by atoms with E-state index in [9.17, 15) is 9.59 Å². The molecule has 0 spiro atoms. The molecule has 0 radical (unpaired) electrons. The number of allylic oxidation sites excluding steroid dienone is 3. The van der Waals surface area contributed by atoms with Gasteiger partial charge in [-0.25, -0.2) is 4.79 Å². The molecule has 1 saturated heterocycles. The molecular formula is C10H11NO3S2. The minimum Gasteiger partial charge on any atom is -0.480 e. The van der Waals surface area contributed by atoms with E-state index in [1.165, 1.54) is 6.92 Å². The molecule has 1 fully saturated rings. The Balaban J connectivity index is 2.96. The van der Waals surface area contributed by atoms with E-state index >= 15 is 0 Å². The second kappa shape index (κ2) is 5.27. The molecule has 86 valence electrons.